The zero-order chi connectivity index (χ0) is 26.6. The first-order chi connectivity index (χ1) is 16.7. The molecular weight excluding hydrogens is 609 g/mol. The fraction of sp³-hybridized carbons (Fsp3) is 0.261. The molecule has 1 heterocycles. The first kappa shape index (κ1) is 26.0. The van der Waals surface area contributed by atoms with Crippen molar-refractivity contribution in [2.75, 3.05) is 0 Å². The van der Waals surface area contributed by atoms with Gasteiger partial charge in [-0.05, 0) is 76.4 Å². The average Bonchev–Trinajstić information content (AvgIpc) is 3.06. The number of fused-ring (bicyclic) bond motifs is 1. The van der Waals surface area contributed by atoms with E-state index in [1.54, 1.807) is 18.2 Å². The van der Waals surface area contributed by atoms with Gasteiger partial charge in [-0.2, -0.15) is 26.3 Å². The van der Waals surface area contributed by atoms with Gasteiger partial charge in [-0.25, -0.2) is 4.79 Å². The number of nitrogens with zero attached hydrogens (tertiary/aromatic N) is 2. The van der Waals surface area contributed by atoms with Crippen LogP contribution in [-0.4, -0.2) is 22.0 Å². The van der Waals surface area contributed by atoms with Crippen LogP contribution >= 0.6 is 22.6 Å². The minimum absolute atomic E-state index is 0.0132. The van der Waals surface area contributed by atoms with Crippen LogP contribution in [0.15, 0.2) is 48.5 Å². The molecule has 0 spiro atoms. The van der Waals surface area contributed by atoms with Crippen LogP contribution in [0.3, 0.4) is 0 Å². The number of alkyl halides is 6. The largest absolute Gasteiger partial charge is 0.439 e. The van der Waals surface area contributed by atoms with Crippen molar-refractivity contribution in [3.05, 3.63) is 84.5 Å². The standard InChI is InChI=1S/C23H15F6IN2O4/c1-11-20(13-6-15(22(24,25)26)8-16(7-13)23(27,28)29)36-21(33)31(11)10-14-5-12-3-2-4-19(32(34)35)17(12)9-18(14)30/h2-9,11,20H,10H2,1H3/t11-,20+/m1/s1. The second-order valence-electron chi connectivity index (χ2n) is 8.21. The van der Waals surface area contributed by atoms with Crippen molar-refractivity contribution in [1.82, 2.24) is 4.90 Å². The lowest BCUT2D eigenvalue weighted by Crippen LogP contribution is -2.31. The molecule has 0 saturated carbocycles. The van der Waals surface area contributed by atoms with E-state index in [9.17, 15) is 41.3 Å². The summed E-state index contributed by atoms with van der Waals surface area (Å²) in [7, 11) is 0. The van der Waals surface area contributed by atoms with Gasteiger partial charge in [0.1, 0.15) is 6.10 Å². The van der Waals surface area contributed by atoms with Crippen molar-refractivity contribution in [3.8, 4) is 0 Å². The third kappa shape index (κ3) is 4.92. The summed E-state index contributed by atoms with van der Waals surface area (Å²) < 4.78 is 85.5. The summed E-state index contributed by atoms with van der Waals surface area (Å²) >= 11 is 1.94. The summed E-state index contributed by atoms with van der Waals surface area (Å²) in [5.41, 5.74) is -2.95. The number of benzene rings is 3. The lowest BCUT2D eigenvalue weighted by atomic mass is 9.97. The zero-order valence-electron chi connectivity index (χ0n) is 18.2. The monoisotopic (exact) mass is 624 g/mol. The van der Waals surface area contributed by atoms with Gasteiger partial charge in [0.15, 0.2) is 0 Å². The number of ether oxygens (including phenoxy) is 1. The van der Waals surface area contributed by atoms with Gasteiger partial charge in [0.05, 0.1) is 34.0 Å². The third-order valence-corrected chi connectivity index (χ3v) is 6.90. The number of amides is 1. The predicted octanol–water partition coefficient (Wildman–Crippen LogP) is 7.47. The van der Waals surface area contributed by atoms with Gasteiger partial charge < -0.3 is 4.74 Å². The van der Waals surface area contributed by atoms with Crippen LogP contribution < -0.4 is 0 Å². The van der Waals surface area contributed by atoms with E-state index >= 15 is 0 Å². The molecule has 6 nitrogen and oxygen atoms in total. The van der Waals surface area contributed by atoms with Crippen molar-refractivity contribution in [2.24, 2.45) is 0 Å². The van der Waals surface area contributed by atoms with E-state index in [1.165, 1.54) is 24.0 Å². The SMILES string of the molecule is C[C@@H]1[C@@H](c2cc(C(F)(F)F)cc(C(F)(F)F)c2)OC(=O)N1Cc1cc2cccc([N+](=O)[O-])c2cc1I. The lowest BCUT2D eigenvalue weighted by Gasteiger charge is -2.23. The highest BCUT2D eigenvalue weighted by Gasteiger charge is 2.43. The number of hydrogen-bond donors (Lipinski definition) is 0. The van der Waals surface area contributed by atoms with Crippen molar-refractivity contribution < 1.29 is 40.8 Å². The minimum atomic E-state index is -5.04. The number of rotatable bonds is 4. The Hall–Kier alpha value is -3.10. The fourth-order valence-corrected chi connectivity index (χ4v) is 4.73. The topological polar surface area (TPSA) is 72.7 Å². The maximum atomic E-state index is 13.3. The summed E-state index contributed by atoms with van der Waals surface area (Å²) in [5, 5.41) is 12.2. The molecule has 0 aromatic heterocycles. The fourth-order valence-electron chi connectivity index (χ4n) is 4.10. The van der Waals surface area contributed by atoms with Crippen molar-refractivity contribution in [2.45, 2.75) is 38.0 Å². The Morgan fingerprint density at radius 3 is 2.19 bits per heavy atom. The molecule has 0 unspecified atom stereocenters. The molecule has 0 radical (unpaired) electrons. The van der Waals surface area contributed by atoms with Crippen LogP contribution in [0, 0.1) is 13.7 Å². The maximum absolute atomic E-state index is 13.3. The van der Waals surface area contributed by atoms with Crippen LogP contribution in [-0.2, 0) is 23.6 Å². The average molecular weight is 624 g/mol. The first-order valence-electron chi connectivity index (χ1n) is 10.3. The number of nitro groups is 1. The highest BCUT2D eigenvalue weighted by Crippen LogP contribution is 2.41. The van der Waals surface area contributed by atoms with Crippen LogP contribution in [0.1, 0.15) is 35.3 Å². The molecule has 1 aliphatic heterocycles. The van der Waals surface area contributed by atoms with E-state index in [2.05, 4.69) is 0 Å². The van der Waals surface area contributed by atoms with Crippen LogP contribution in [0.25, 0.3) is 10.8 Å². The molecule has 0 aliphatic carbocycles. The van der Waals surface area contributed by atoms with E-state index in [0.29, 0.717) is 32.0 Å². The van der Waals surface area contributed by atoms with E-state index in [1.807, 2.05) is 22.6 Å². The summed E-state index contributed by atoms with van der Waals surface area (Å²) in [6, 6.07) is 7.94. The van der Waals surface area contributed by atoms with Crippen molar-refractivity contribution in [3.63, 3.8) is 0 Å². The second-order valence-corrected chi connectivity index (χ2v) is 9.37. The number of carbonyl (C=O) groups excluding carboxylic acids is 1. The highest BCUT2D eigenvalue weighted by molar-refractivity contribution is 14.1. The normalized spacial score (nSPS) is 18.6. The van der Waals surface area contributed by atoms with Gasteiger partial charge in [0.25, 0.3) is 5.69 Å². The third-order valence-electron chi connectivity index (χ3n) is 5.89. The molecule has 36 heavy (non-hydrogen) atoms. The van der Waals surface area contributed by atoms with E-state index in [-0.39, 0.29) is 18.3 Å². The smallest absolute Gasteiger partial charge is 0.416 e. The van der Waals surface area contributed by atoms with Gasteiger partial charge in [0.2, 0.25) is 0 Å². The molecule has 4 rings (SSSR count). The summed E-state index contributed by atoms with van der Waals surface area (Å²) in [4.78, 5) is 24.6. The second kappa shape index (κ2) is 9.09. The van der Waals surface area contributed by atoms with Gasteiger partial charge >= 0.3 is 18.4 Å². The van der Waals surface area contributed by atoms with Gasteiger partial charge in [-0.15, -0.1) is 0 Å². The summed E-state index contributed by atoms with van der Waals surface area (Å²) in [6.45, 7) is 1.39. The molecule has 3 aromatic rings. The quantitative estimate of drug-likeness (QED) is 0.131. The predicted molar refractivity (Wildman–Crippen MR) is 124 cm³/mol. The van der Waals surface area contributed by atoms with Crippen molar-refractivity contribution >= 4 is 45.1 Å². The molecule has 0 N–H and O–H groups in total. The number of hydrogen-bond acceptors (Lipinski definition) is 4. The van der Waals surface area contributed by atoms with E-state index < -0.39 is 52.2 Å². The van der Waals surface area contributed by atoms with Gasteiger partial charge in [0, 0.05) is 9.64 Å². The number of halogens is 7. The Morgan fingerprint density at radius 2 is 1.64 bits per heavy atom. The summed E-state index contributed by atoms with van der Waals surface area (Å²) in [5.74, 6) is 0. The highest BCUT2D eigenvalue weighted by atomic mass is 127. The molecule has 190 valence electrons. The van der Waals surface area contributed by atoms with Crippen LogP contribution in [0.4, 0.5) is 36.8 Å². The number of cyclic esters (lactones) is 1. The molecule has 13 heteroatoms. The van der Waals surface area contributed by atoms with E-state index in [4.69, 9.17) is 4.74 Å². The number of nitro benzene ring substituents is 1. The molecule has 1 saturated heterocycles. The van der Waals surface area contributed by atoms with Crippen molar-refractivity contribution in [1.29, 1.82) is 0 Å². The molecular formula is C23H15F6IN2O4. The molecule has 1 fully saturated rings. The number of non-ortho nitro benzene ring substituents is 1. The molecule has 1 aliphatic rings. The molecule has 2 atom stereocenters. The molecule has 1 amide bonds. The minimum Gasteiger partial charge on any atom is -0.439 e. The Kier molecular flexibility index (Phi) is 6.56. The van der Waals surface area contributed by atoms with Crippen LogP contribution in [0.5, 0.6) is 0 Å². The number of carbonyl (C=O) groups is 1. The first-order valence-corrected chi connectivity index (χ1v) is 11.4. The van der Waals surface area contributed by atoms with Gasteiger partial charge in [-0.1, -0.05) is 12.1 Å². The summed E-state index contributed by atoms with van der Waals surface area (Å²) in [6.07, 6.45) is -12.4. The molecule has 0 bridgehead atoms. The maximum Gasteiger partial charge on any atom is 0.416 e. The Labute approximate surface area is 213 Å². The lowest BCUT2D eigenvalue weighted by molar-refractivity contribution is -0.383. The van der Waals surface area contributed by atoms with Gasteiger partial charge in [-0.3, -0.25) is 15.0 Å². The molecule has 3 aromatic carbocycles. The van der Waals surface area contributed by atoms with Crippen LogP contribution in [0.2, 0.25) is 0 Å². The Balaban J connectivity index is 1.69. The zero-order valence-corrected chi connectivity index (χ0v) is 20.3. The van der Waals surface area contributed by atoms with E-state index in [0.717, 1.165) is 0 Å². The Morgan fingerprint density at radius 1 is 1.03 bits per heavy atom. The Bertz CT molecular complexity index is 1340.